The number of hydrogen-bond acceptors (Lipinski definition) is 3. The van der Waals surface area contributed by atoms with Crippen LogP contribution >= 0.6 is 11.6 Å². The van der Waals surface area contributed by atoms with Crippen molar-refractivity contribution >= 4 is 17.6 Å². The van der Waals surface area contributed by atoms with Gasteiger partial charge in [0.15, 0.2) is 0 Å². The summed E-state index contributed by atoms with van der Waals surface area (Å²) in [6, 6.07) is 11.3. The van der Waals surface area contributed by atoms with E-state index in [9.17, 15) is 31.9 Å². The minimum Gasteiger partial charge on any atom is -0.466 e. The van der Waals surface area contributed by atoms with Crippen molar-refractivity contribution < 1.29 is 36.6 Å². The molecule has 0 saturated carbocycles. The van der Waals surface area contributed by atoms with E-state index in [-0.39, 0.29) is 18.6 Å². The number of aliphatic hydroxyl groups excluding tert-OH is 1. The number of rotatable bonds is 8. The van der Waals surface area contributed by atoms with E-state index in [0.29, 0.717) is 16.1 Å². The Bertz CT molecular complexity index is 852. The number of ether oxygens (including phenoxy) is 1. The maximum absolute atomic E-state index is 13.2. The lowest BCUT2D eigenvalue weighted by atomic mass is 9.89. The van der Waals surface area contributed by atoms with Crippen molar-refractivity contribution in [3.63, 3.8) is 0 Å². The lowest BCUT2D eigenvalue weighted by molar-refractivity contribution is -0.281. The molecule has 0 saturated heterocycles. The molecule has 2 aromatic rings. The van der Waals surface area contributed by atoms with Crippen molar-refractivity contribution in [1.29, 1.82) is 0 Å². The second-order valence-corrected chi connectivity index (χ2v) is 7.19. The molecule has 2 rings (SSSR count). The van der Waals surface area contributed by atoms with Gasteiger partial charge in [0.25, 0.3) is 0 Å². The Morgan fingerprint density at radius 1 is 1.07 bits per heavy atom. The molecule has 0 aliphatic heterocycles. The van der Waals surface area contributed by atoms with Crippen molar-refractivity contribution in [3.05, 3.63) is 70.2 Å². The van der Waals surface area contributed by atoms with E-state index >= 15 is 0 Å². The number of hydrogen-bond donors (Lipinski definition) is 1. The van der Waals surface area contributed by atoms with Gasteiger partial charge in [0.05, 0.1) is 18.6 Å². The standard InChI is InChI=1S/C21H20ClF5O3/c1-2-30-19(29)17(18(28)15-4-3-5-16(22)11-15)10-13-6-8-14(9-7-13)12-20(23,24)21(25,26)27/h3-9,11,17-18,28H,2,10,12H2,1H3. The number of benzene rings is 2. The predicted octanol–water partition coefficient (Wildman–Crippen LogP) is 5.54. The van der Waals surface area contributed by atoms with Crippen molar-refractivity contribution in [1.82, 2.24) is 0 Å². The molecule has 9 heteroatoms. The number of halogens is 6. The van der Waals surface area contributed by atoms with Crippen LogP contribution in [-0.2, 0) is 22.4 Å². The number of alkyl halides is 5. The Morgan fingerprint density at radius 2 is 1.67 bits per heavy atom. The highest BCUT2D eigenvalue weighted by atomic mass is 35.5. The average Bonchev–Trinajstić information content (AvgIpc) is 2.66. The van der Waals surface area contributed by atoms with E-state index in [2.05, 4.69) is 0 Å². The zero-order chi connectivity index (χ0) is 22.5. The minimum atomic E-state index is -5.64. The highest BCUT2D eigenvalue weighted by Gasteiger charge is 2.57. The third-order valence-electron chi connectivity index (χ3n) is 4.48. The number of aliphatic hydroxyl groups is 1. The minimum absolute atomic E-state index is 0.0115. The average molecular weight is 451 g/mol. The molecule has 0 spiro atoms. The summed E-state index contributed by atoms with van der Waals surface area (Å²) in [6.45, 7) is 1.69. The topological polar surface area (TPSA) is 46.5 Å². The fourth-order valence-electron chi connectivity index (χ4n) is 2.90. The second kappa shape index (κ2) is 9.75. The van der Waals surface area contributed by atoms with Gasteiger partial charge in [-0.05, 0) is 42.2 Å². The van der Waals surface area contributed by atoms with Crippen LogP contribution < -0.4 is 0 Å². The van der Waals surface area contributed by atoms with Gasteiger partial charge in [-0.1, -0.05) is 48.0 Å². The lowest BCUT2D eigenvalue weighted by Crippen LogP contribution is -2.38. The summed E-state index contributed by atoms with van der Waals surface area (Å²) in [5.74, 6) is -6.53. The molecule has 0 bridgehead atoms. The van der Waals surface area contributed by atoms with E-state index in [4.69, 9.17) is 16.3 Å². The van der Waals surface area contributed by atoms with Gasteiger partial charge in [-0.25, -0.2) is 0 Å². The maximum Gasteiger partial charge on any atom is 0.453 e. The highest BCUT2D eigenvalue weighted by Crippen LogP contribution is 2.38. The van der Waals surface area contributed by atoms with Gasteiger partial charge in [-0.3, -0.25) is 4.79 Å². The molecule has 164 valence electrons. The zero-order valence-corrected chi connectivity index (χ0v) is 16.7. The monoisotopic (exact) mass is 450 g/mol. The van der Waals surface area contributed by atoms with Gasteiger partial charge in [-0.2, -0.15) is 22.0 Å². The fourth-order valence-corrected chi connectivity index (χ4v) is 3.10. The molecule has 0 fully saturated rings. The molecular weight excluding hydrogens is 431 g/mol. The molecule has 2 aromatic carbocycles. The number of esters is 1. The summed E-state index contributed by atoms with van der Waals surface area (Å²) < 4.78 is 68.6. The van der Waals surface area contributed by atoms with Gasteiger partial charge < -0.3 is 9.84 Å². The molecule has 0 aliphatic rings. The number of carbonyl (C=O) groups is 1. The van der Waals surface area contributed by atoms with Crippen LogP contribution in [-0.4, -0.2) is 29.8 Å². The van der Waals surface area contributed by atoms with Gasteiger partial charge in [0.2, 0.25) is 0 Å². The van der Waals surface area contributed by atoms with Gasteiger partial charge in [0, 0.05) is 11.4 Å². The molecule has 2 unspecified atom stereocenters. The van der Waals surface area contributed by atoms with Crippen LogP contribution in [0.15, 0.2) is 48.5 Å². The first-order valence-corrected chi connectivity index (χ1v) is 9.45. The van der Waals surface area contributed by atoms with E-state index in [1.54, 1.807) is 25.1 Å². The third-order valence-corrected chi connectivity index (χ3v) is 4.72. The summed E-state index contributed by atoms with van der Waals surface area (Å²) in [6.07, 6.45) is -8.38. The van der Waals surface area contributed by atoms with Crippen LogP contribution in [0.3, 0.4) is 0 Å². The van der Waals surface area contributed by atoms with Crippen molar-refractivity contribution in [2.24, 2.45) is 5.92 Å². The smallest absolute Gasteiger partial charge is 0.453 e. The van der Waals surface area contributed by atoms with E-state index in [1.165, 1.54) is 18.2 Å². The van der Waals surface area contributed by atoms with Gasteiger partial charge in [-0.15, -0.1) is 0 Å². The summed E-state index contributed by atoms with van der Waals surface area (Å²) >= 11 is 5.93. The van der Waals surface area contributed by atoms with Crippen molar-refractivity contribution in [2.75, 3.05) is 6.61 Å². The first kappa shape index (κ1) is 24.1. The van der Waals surface area contributed by atoms with Crippen molar-refractivity contribution in [2.45, 2.75) is 38.0 Å². The fraction of sp³-hybridized carbons (Fsp3) is 0.381. The van der Waals surface area contributed by atoms with E-state index in [0.717, 1.165) is 12.1 Å². The van der Waals surface area contributed by atoms with Crippen LogP contribution in [0.1, 0.15) is 29.7 Å². The predicted molar refractivity (Wildman–Crippen MR) is 101 cm³/mol. The summed E-state index contributed by atoms with van der Waals surface area (Å²) in [5, 5.41) is 11.0. The maximum atomic E-state index is 13.2. The molecule has 30 heavy (non-hydrogen) atoms. The molecule has 3 nitrogen and oxygen atoms in total. The lowest BCUT2D eigenvalue weighted by Gasteiger charge is -2.22. The van der Waals surface area contributed by atoms with Gasteiger partial charge in [0.1, 0.15) is 0 Å². The molecule has 1 N–H and O–H groups in total. The molecule has 0 aromatic heterocycles. The normalized spacial score (nSPS) is 14.3. The zero-order valence-electron chi connectivity index (χ0n) is 15.9. The molecule has 0 aliphatic carbocycles. The molecule has 0 radical (unpaired) electrons. The quantitative estimate of drug-likeness (QED) is 0.424. The molecule has 0 heterocycles. The molecular formula is C21H20ClF5O3. The molecule has 2 atom stereocenters. The largest absolute Gasteiger partial charge is 0.466 e. The molecule has 0 amide bonds. The van der Waals surface area contributed by atoms with Crippen LogP contribution in [0.25, 0.3) is 0 Å². The Kier molecular flexibility index (Phi) is 7.82. The Labute approximate surface area is 175 Å². The van der Waals surface area contributed by atoms with Crippen LogP contribution in [0.2, 0.25) is 5.02 Å². The van der Waals surface area contributed by atoms with Crippen LogP contribution in [0.4, 0.5) is 22.0 Å². The van der Waals surface area contributed by atoms with E-state index < -0.39 is 36.5 Å². The summed E-state index contributed by atoms with van der Waals surface area (Å²) in [5.41, 5.74) is 0.652. The Morgan fingerprint density at radius 3 is 2.20 bits per heavy atom. The third kappa shape index (κ3) is 6.15. The summed E-state index contributed by atoms with van der Waals surface area (Å²) in [7, 11) is 0. The first-order chi connectivity index (χ1) is 13.9. The van der Waals surface area contributed by atoms with Crippen molar-refractivity contribution in [3.8, 4) is 0 Å². The highest BCUT2D eigenvalue weighted by molar-refractivity contribution is 6.30. The first-order valence-electron chi connectivity index (χ1n) is 9.07. The van der Waals surface area contributed by atoms with Crippen LogP contribution in [0.5, 0.6) is 0 Å². The van der Waals surface area contributed by atoms with Crippen LogP contribution in [0, 0.1) is 5.92 Å². The summed E-state index contributed by atoms with van der Waals surface area (Å²) in [4.78, 5) is 12.4. The van der Waals surface area contributed by atoms with E-state index in [1.807, 2.05) is 0 Å². The second-order valence-electron chi connectivity index (χ2n) is 6.76. The number of carbonyl (C=O) groups excluding carboxylic acids is 1. The Hall–Kier alpha value is -2.19. The SMILES string of the molecule is CCOC(=O)C(Cc1ccc(CC(F)(F)C(F)(F)F)cc1)C(O)c1cccc(Cl)c1. The Balaban J connectivity index is 2.20. The van der Waals surface area contributed by atoms with Gasteiger partial charge >= 0.3 is 18.1 Å².